The molecule has 1 aliphatic carbocycles. The van der Waals surface area contributed by atoms with Gasteiger partial charge in [-0.05, 0) is 48.7 Å². The van der Waals surface area contributed by atoms with Crippen LogP contribution in [0, 0.1) is 5.92 Å². The third kappa shape index (κ3) is 6.59. The van der Waals surface area contributed by atoms with Crippen LogP contribution in [-0.4, -0.2) is 36.8 Å². The molecule has 0 aliphatic heterocycles. The highest BCUT2D eigenvalue weighted by atomic mass is 35.5. The first kappa shape index (κ1) is 22.9. The summed E-state index contributed by atoms with van der Waals surface area (Å²) in [4.78, 5) is 22.7. The highest BCUT2D eigenvalue weighted by molar-refractivity contribution is 7.92. The molecule has 0 bridgehead atoms. The van der Waals surface area contributed by atoms with Gasteiger partial charge in [-0.3, -0.25) is 14.3 Å². The van der Waals surface area contributed by atoms with E-state index in [0.717, 1.165) is 32.1 Å². The second kappa shape index (κ2) is 10.0. The van der Waals surface area contributed by atoms with Crippen molar-refractivity contribution in [3.8, 4) is 0 Å². The molecule has 12 heteroatoms. The summed E-state index contributed by atoms with van der Waals surface area (Å²) in [6.07, 6.45) is 3.35. The number of rotatable bonds is 9. The number of hydrogen-bond acceptors (Lipinski definition) is 8. The van der Waals surface area contributed by atoms with Gasteiger partial charge in [0, 0.05) is 17.7 Å². The Hall–Kier alpha value is -2.79. The minimum Gasteiger partial charge on any atom is -0.481 e. The lowest BCUT2D eigenvalue weighted by atomic mass is 9.88. The quantitative estimate of drug-likeness (QED) is 0.284. The van der Waals surface area contributed by atoms with Crippen molar-refractivity contribution in [1.29, 1.82) is 0 Å². The Balaban J connectivity index is 1.70. The van der Waals surface area contributed by atoms with Crippen LogP contribution >= 0.6 is 11.6 Å². The number of ether oxygens (including phenoxy) is 1. The maximum atomic E-state index is 12.5. The number of sulfonamides is 1. The minimum absolute atomic E-state index is 0.0192. The molecule has 2 aromatic rings. The van der Waals surface area contributed by atoms with Crippen molar-refractivity contribution < 1.29 is 32.4 Å². The second-order valence-electron chi connectivity index (χ2n) is 7.17. The fourth-order valence-corrected chi connectivity index (χ4v) is 4.50. The van der Waals surface area contributed by atoms with Crippen LogP contribution < -0.4 is 10.0 Å². The largest absolute Gasteiger partial charge is 0.481 e. The molecule has 1 saturated carbocycles. The molecule has 1 fully saturated rings. The van der Waals surface area contributed by atoms with E-state index < -0.39 is 34.6 Å². The van der Waals surface area contributed by atoms with Crippen LogP contribution in [0.15, 0.2) is 39.8 Å². The zero-order chi connectivity index (χ0) is 22.4. The van der Waals surface area contributed by atoms with Gasteiger partial charge in [0.25, 0.3) is 10.0 Å². The minimum atomic E-state index is -3.91. The van der Waals surface area contributed by atoms with Crippen LogP contribution in [0.2, 0.25) is 5.22 Å². The molecule has 1 unspecified atom stereocenters. The molecule has 0 saturated heterocycles. The van der Waals surface area contributed by atoms with Crippen LogP contribution in [0.5, 0.6) is 0 Å². The number of carboxylic acids is 1. The third-order valence-corrected chi connectivity index (χ3v) is 6.37. The Labute approximate surface area is 183 Å². The number of nitrogens with zero attached hydrogens (tertiary/aromatic N) is 1. The maximum Gasteiger partial charge on any atom is 0.319 e. The summed E-state index contributed by atoms with van der Waals surface area (Å²) in [6.45, 7) is 0. The highest BCUT2D eigenvalue weighted by Crippen LogP contribution is 2.29. The number of aliphatic carboxylic acids is 1. The van der Waals surface area contributed by atoms with Gasteiger partial charge in [-0.2, -0.15) is 0 Å². The van der Waals surface area contributed by atoms with Crippen LogP contribution in [0.3, 0.4) is 0 Å². The number of aromatic nitrogens is 1. The third-order valence-electron chi connectivity index (χ3n) is 4.83. The van der Waals surface area contributed by atoms with E-state index in [0.29, 0.717) is 5.69 Å². The van der Waals surface area contributed by atoms with Crippen molar-refractivity contribution in [1.82, 2.24) is 5.16 Å². The number of carbonyl (C=O) groups excluding carboxylic acids is 1. The molecule has 1 aromatic heterocycles. The zero-order valence-corrected chi connectivity index (χ0v) is 18.0. The Morgan fingerprint density at radius 3 is 2.48 bits per heavy atom. The molecule has 0 spiro atoms. The van der Waals surface area contributed by atoms with E-state index >= 15 is 0 Å². The molecule has 3 rings (SSSR count). The second-order valence-corrected chi connectivity index (χ2v) is 9.22. The smallest absolute Gasteiger partial charge is 0.319 e. The fraction of sp³-hybridized carbons (Fsp3) is 0.421. The SMILES string of the molecule is O=C(O)CC(=O)OC(Nc1ccc(S(=O)(=O)Nc2cc(Cl)on2)cc1)C1CCCCC1. The van der Waals surface area contributed by atoms with Gasteiger partial charge in [-0.15, -0.1) is 0 Å². The van der Waals surface area contributed by atoms with Gasteiger partial charge in [-0.1, -0.05) is 24.4 Å². The van der Waals surface area contributed by atoms with Crippen molar-refractivity contribution in [2.45, 2.75) is 49.6 Å². The van der Waals surface area contributed by atoms with Gasteiger partial charge in [0.1, 0.15) is 6.42 Å². The Bertz CT molecular complexity index is 1020. The van der Waals surface area contributed by atoms with E-state index in [2.05, 4.69) is 19.7 Å². The van der Waals surface area contributed by atoms with Crippen molar-refractivity contribution in [3.05, 3.63) is 35.6 Å². The average Bonchev–Trinajstić information content (AvgIpc) is 3.12. The molecular weight excluding hydrogens is 450 g/mol. The first-order chi connectivity index (χ1) is 14.7. The van der Waals surface area contributed by atoms with E-state index in [1.807, 2.05) is 0 Å². The van der Waals surface area contributed by atoms with Crippen molar-refractivity contribution in [3.63, 3.8) is 0 Å². The summed E-state index contributed by atoms with van der Waals surface area (Å²) < 4.78 is 37.2. The molecule has 0 radical (unpaired) electrons. The van der Waals surface area contributed by atoms with Gasteiger partial charge in [0.2, 0.25) is 5.22 Å². The van der Waals surface area contributed by atoms with Gasteiger partial charge >= 0.3 is 11.9 Å². The number of hydrogen-bond donors (Lipinski definition) is 3. The molecule has 168 valence electrons. The summed E-state index contributed by atoms with van der Waals surface area (Å²) in [5.74, 6) is -2.10. The zero-order valence-electron chi connectivity index (χ0n) is 16.4. The monoisotopic (exact) mass is 471 g/mol. The average molecular weight is 472 g/mol. The first-order valence-electron chi connectivity index (χ1n) is 9.66. The van der Waals surface area contributed by atoms with E-state index in [1.54, 1.807) is 0 Å². The van der Waals surface area contributed by atoms with Crippen LogP contribution in [0.25, 0.3) is 0 Å². The molecule has 1 aliphatic rings. The van der Waals surface area contributed by atoms with E-state index in [-0.39, 0.29) is 21.9 Å². The number of esters is 1. The number of carbonyl (C=O) groups is 2. The normalized spacial score (nSPS) is 15.8. The summed E-state index contributed by atoms with van der Waals surface area (Å²) in [6, 6.07) is 7.05. The molecule has 31 heavy (non-hydrogen) atoms. The lowest BCUT2D eigenvalue weighted by Gasteiger charge is -2.31. The number of nitrogens with one attached hydrogen (secondary N) is 2. The predicted octanol–water partition coefficient (Wildman–Crippen LogP) is 3.47. The van der Waals surface area contributed by atoms with E-state index in [9.17, 15) is 18.0 Å². The lowest BCUT2D eigenvalue weighted by molar-refractivity contribution is -0.156. The Morgan fingerprint density at radius 1 is 1.23 bits per heavy atom. The topological polar surface area (TPSA) is 148 Å². The Kier molecular flexibility index (Phi) is 7.39. The molecule has 1 atom stereocenters. The number of anilines is 2. The van der Waals surface area contributed by atoms with Gasteiger partial charge in [0.05, 0.1) is 4.90 Å². The van der Waals surface area contributed by atoms with Crippen molar-refractivity contribution in [2.24, 2.45) is 5.92 Å². The number of carboxylic acid groups (broad SMARTS) is 1. The molecule has 1 aromatic carbocycles. The predicted molar refractivity (Wildman–Crippen MR) is 111 cm³/mol. The summed E-state index contributed by atoms with van der Waals surface area (Å²) in [5.41, 5.74) is 0.530. The van der Waals surface area contributed by atoms with Crippen LogP contribution in [-0.2, 0) is 24.3 Å². The summed E-state index contributed by atoms with van der Waals surface area (Å²) >= 11 is 5.59. The van der Waals surface area contributed by atoms with Gasteiger partial charge in [-0.25, -0.2) is 8.42 Å². The maximum absolute atomic E-state index is 12.5. The van der Waals surface area contributed by atoms with Crippen molar-refractivity contribution >= 4 is 45.1 Å². The van der Waals surface area contributed by atoms with Gasteiger partial charge in [0.15, 0.2) is 12.0 Å². The van der Waals surface area contributed by atoms with Crippen LogP contribution in [0.4, 0.5) is 11.5 Å². The summed E-state index contributed by atoms with van der Waals surface area (Å²) in [7, 11) is -3.91. The molecule has 3 N–H and O–H groups in total. The highest BCUT2D eigenvalue weighted by Gasteiger charge is 2.28. The molecule has 1 heterocycles. The fourth-order valence-electron chi connectivity index (χ4n) is 3.38. The van der Waals surface area contributed by atoms with Gasteiger partial charge < -0.3 is 19.7 Å². The van der Waals surface area contributed by atoms with E-state index in [4.69, 9.17) is 21.4 Å². The van der Waals surface area contributed by atoms with E-state index in [1.165, 1.54) is 30.3 Å². The molecular formula is C19H22ClN3O7S. The Morgan fingerprint density at radius 2 is 1.90 bits per heavy atom. The number of halogens is 1. The summed E-state index contributed by atoms with van der Waals surface area (Å²) in [5, 5.41) is 15.3. The van der Waals surface area contributed by atoms with Crippen molar-refractivity contribution in [2.75, 3.05) is 10.0 Å². The van der Waals surface area contributed by atoms with Crippen LogP contribution in [0.1, 0.15) is 38.5 Å². The molecule has 10 nitrogen and oxygen atoms in total. The standard InChI is InChI=1S/C19H22ClN3O7S/c20-15-10-16(22-30-15)23-31(27,28)14-8-6-13(7-9-14)21-19(12-4-2-1-3-5-12)29-18(26)11-17(24)25/h6-10,12,19,21H,1-5,11H2,(H,22,23)(H,24,25). The first-order valence-corrected chi connectivity index (χ1v) is 11.5. The molecule has 0 amide bonds. The lowest BCUT2D eigenvalue weighted by Crippen LogP contribution is -2.35. The number of benzene rings is 1.